The summed E-state index contributed by atoms with van der Waals surface area (Å²) in [4.78, 5) is 12.4. The van der Waals surface area contributed by atoms with E-state index in [-0.39, 0.29) is 0 Å². The third kappa shape index (κ3) is 2.18. The Bertz CT molecular complexity index is 311. The summed E-state index contributed by atoms with van der Waals surface area (Å²) >= 11 is 0. The summed E-state index contributed by atoms with van der Waals surface area (Å²) < 4.78 is 0. The first-order valence-electron chi connectivity index (χ1n) is 4.07. The zero-order valence-corrected chi connectivity index (χ0v) is 7.95. The minimum absolute atomic E-state index is 0.519. The van der Waals surface area contributed by atoms with E-state index in [0.717, 1.165) is 17.5 Å². The fraction of sp³-hybridized carbons (Fsp3) is 0.182. The number of aldehydes is 1. The van der Waals surface area contributed by atoms with Gasteiger partial charge in [0.25, 0.3) is 0 Å². The highest BCUT2D eigenvalue weighted by molar-refractivity contribution is 6.05. The lowest BCUT2D eigenvalue weighted by atomic mass is 10.1. The van der Waals surface area contributed by atoms with Crippen molar-refractivity contribution >= 4 is 17.5 Å². The van der Waals surface area contributed by atoms with E-state index in [9.17, 15) is 4.79 Å². The van der Waals surface area contributed by atoms with Crippen LogP contribution in [-0.2, 0) is 4.79 Å². The minimum atomic E-state index is 0.519. The van der Waals surface area contributed by atoms with E-state index in [2.05, 4.69) is 6.58 Å². The molecule has 0 aromatic heterocycles. The molecule has 0 aliphatic heterocycles. The second-order valence-electron chi connectivity index (χ2n) is 3.08. The van der Waals surface area contributed by atoms with E-state index < -0.39 is 0 Å². The molecule has 0 bridgehead atoms. The van der Waals surface area contributed by atoms with Crippen LogP contribution in [0.2, 0.25) is 0 Å². The van der Waals surface area contributed by atoms with E-state index in [1.54, 1.807) is 0 Å². The van der Waals surface area contributed by atoms with E-state index in [0.29, 0.717) is 5.57 Å². The summed E-state index contributed by atoms with van der Waals surface area (Å²) in [6.07, 6.45) is 0.769. The maximum atomic E-state index is 10.4. The Morgan fingerprint density at radius 1 is 1.31 bits per heavy atom. The summed E-state index contributed by atoms with van der Waals surface area (Å²) in [6, 6.07) is 7.71. The molecule has 2 nitrogen and oxygen atoms in total. The first-order valence-corrected chi connectivity index (χ1v) is 4.07. The highest BCUT2D eigenvalue weighted by Gasteiger charge is 1.98. The van der Waals surface area contributed by atoms with Gasteiger partial charge in [0.1, 0.15) is 6.29 Å². The zero-order chi connectivity index (χ0) is 9.84. The summed E-state index contributed by atoms with van der Waals surface area (Å²) in [5.41, 5.74) is 2.51. The molecule has 68 valence electrons. The second kappa shape index (κ2) is 3.90. The smallest absolute Gasteiger partial charge is 0.150 e. The number of benzene rings is 1. The van der Waals surface area contributed by atoms with Gasteiger partial charge in [0.05, 0.1) is 0 Å². The fourth-order valence-electron chi connectivity index (χ4n) is 1.04. The van der Waals surface area contributed by atoms with E-state index >= 15 is 0 Å². The molecule has 0 amide bonds. The van der Waals surface area contributed by atoms with Crippen LogP contribution in [-0.4, -0.2) is 20.4 Å². The monoisotopic (exact) mass is 175 g/mol. The van der Waals surface area contributed by atoms with Crippen LogP contribution in [0.1, 0.15) is 5.56 Å². The van der Waals surface area contributed by atoms with Gasteiger partial charge < -0.3 is 4.90 Å². The zero-order valence-electron chi connectivity index (χ0n) is 7.95. The van der Waals surface area contributed by atoms with Gasteiger partial charge in [-0.05, 0) is 17.7 Å². The number of carbonyl (C=O) groups is 1. The number of allylic oxidation sites excluding steroid dienone is 1. The lowest BCUT2D eigenvalue weighted by Crippen LogP contribution is -2.08. The molecule has 0 saturated heterocycles. The molecule has 0 atom stereocenters. The van der Waals surface area contributed by atoms with Crippen molar-refractivity contribution in [1.29, 1.82) is 0 Å². The van der Waals surface area contributed by atoms with Gasteiger partial charge in [-0.1, -0.05) is 18.7 Å². The maximum Gasteiger partial charge on any atom is 0.150 e. The Balaban J connectivity index is 2.93. The lowest BCUT2D eigenvalue weighted by molar-refractivity contribution is -0.103. The van der Waals surface area contributed by atoms with Gasteiger partial charge >= 0.3 is 0 Å². The number of carbonyl (C=O) groups excluding carboxylic acids is 1. The average molecular weight is 175 g/mol. The number of hydrogen-bond acceptors (Lipinski definition) is 2. The Hall–Kier alpha value is -1.57. The number of hydrogen-bond donors (Lipinski definition) is 0. The second-order valence-corrected chi connectivity index (χ2v) is 3.08. The van der Waals surface area contributed by atoms with Crippen LogP contribution in [0.5, 0.6) is 0 Å². The van der Waals surface area contributed by atoms with E-state index in [1.165, 1.54) is 0 Å². The van der Waals surface area contributed by atoms with Crippen LogP contribution >= 0.6 is 0 Å². The molecule has 0 fully saturated rings. The molecule has 0 aliphatic rings. The van der Waals surface area contributed by atoms with Crippen molar-refractivity contribution in [3.8, 4) is 0 Å². The van der Waals surface area contributed by atoms with Gasteiger partial charge in [-0.15, -0.1) is 0 Å². The molecule has 13 heavy (non-hydrogen) atoms. The van der Waals surface area contributed by atoms with Crippen molar-refractivity contribution in [2.75, 3.05) is 19.0 Å². The molecular formula is C11H13NO. The molecule has 1 aromatic carbocycles. The average Bonchev–Trinajstić information content (AvgIpc) is 2.17. The quantitative estimate of drug-likeness (QED) is 0.517. The Labute approximate surface area is 78.5 Å². The molecule has 2 heteroatoms. The van der Waals surface area contributed by atoms with Crippen LogP contribution in [0.15, 0.2) is 30.8 Å². The van der Waals surface area contributed by atoms with Gasteiger partial charge in [-0.25, -0.2) is 0 Å². The van der Waals surface area contributed by atoms with Crippen molar-refractivity contribution in [2.24, 2.45) is 0 Å². The predicted octanol–water partition coefficient (Wildman–Crippen LogP) is 1.96. The van der Waals surface area contributed by atoms with Crippen molar-refractivity contribution < 1.29 is 4.79 Å². The molecule has 1 rings (SSSR count). The first kappa shape index (κ1) is 9.52. The highest BCUT2D eigenvalue weighted by atomic mass is 16.1. The summed E-state index contributed by atoms with van der Waals surface area (Å²) in [7, 11) is 3.95. The third-order valence-corrected chi connectivity index (χ3v) is 1.90. The third-order valence-electron chi connectivity index (χ3n) is 1.90. The molecule has 0 aliphatic carbocycles. The SMILES string of the molecule is C=C(C=O)c1ccc(N(C)C)cc1. The first-order chi connectivity index (χ1) is 6.15. The van der Waals surface area contributed by atoms with Crippen LogP contribution in [0.3, 0.4) is 0 Å². The molecule has 0 unspecified atom stereocenters. The van der Waals surface area contributed by atoms with Gasteiger partial charge in [-0.3, -0.25) is 4.79 Å². The summed E-state index contributed by atoms with van der Waals surface area (Å²) in [5, 5.41) is 0. The molecule has 0 saturated carbocycles. The number of anilines is 1. The molecular weight excluding hydrogens is 162 g/mol. The molecule has 0 spiro atoms. The summed E-state index contributed by atoms with van der Waals surface area (Å²) in [6.45, 7) is 3.64. The van der Waals surface area contributed by atoms with Crippen LogP contribution in [0, 0.1) is 0 Å². The Morgan fingerprint density at radius 3 is 2.23 bits per heavy atom. The predicted molar refractivity (Wildman–Crippen MR) is 55.9 cm³/mol. The fourth-order valence-corrected chi connectivity index (χ4v) is 1.04. The molecule has 0 N–H and O–H groups in total. The van der Waals surface area contributed by atoms with Crippen molar-refractivity contribution in [3.63, 3.8) is 0 Å². The number of nitrogens with zero attached hydrogens (tertiary/aromatic N) is 1. The highest BCUT2D eigenvalue weighted by Crippen LogP contribution is 2.15. The standard InChI is InChI=1S/C11H13NO/c1-9(8-13)10-4-6-11(7-5-10)12(2)3/h4-8H,1H2,2-3H3. The van der Waals surface area contributed by atoms with E-state index in [4.69, 9.17) is 0 Å². The van der Waals surface area contributed by atoms with Crippen molar-refractivity contribution in [1.82, 2.24) is 0 Å². The van der Waals surface area contributed by atoms with E-state index in [1.807, 2.05) is 43.3 Å². The van der Waals surface area contributed by atoms with Gasteiger partial charge in [0.15, 0.2) is 0 Å². The minimum Gasteiger partial charge on any atom is -0.378 e. The van der Waals surface area contributed by atoms with Crippen LogP contribution in [0.4, 0.5) is 5.69 Å². The lowest BCUT2D eigenvalue weighted by Gasteiger charge is -2.12. The van der Waals surface area contributed by atoms with Gasteiger partial charge in [0.2, 0.25) is 0 Å². The van der Waals surface area contributed by atoms with Crippen molar-refractivity contribution in [2.45, 2.75) is 0 Å². The van der Waals surface area contributed by atoms with Crippen LogP contribution < -0.4 is 4.90 Å². The normalized spacial score (nSPS) is 9.38. The largest absolute Gasteiger partial charge is 0.378 e. The van der Waals surface area contributed by atoms with Gasteiger partial charge in [-0.2, -0.15) is 0 Å². The molecule has 0 heterocycles. The Morgan fingerprint density at radius 2 is 1.85 bits per heavy atom. The molecule has 0 radical (unpaired) electrons. The molecule has 1 aromatic rings. The van der Waals surface area contributed by atoms with Gasteiger partial charge in [0, 0.05) is 25.4 Å². The van der Waals surface area contributed by atoms with Crippen LogP contribution in [0.25, 0.3) is 5.57 Å². The van der Waals surface area contributed by atoms with Crippen molar-refractivity contribution in [3.05, 3.63) is 36.4 Å². The topological polar surface area (TPSA) is 20.3 Å². The maximum absolute atomic E-state index is 10.4. The summed E-state index contributed by atoms with van der Waals surface area (Å²) in [5.74, 6) is 0. The number of rotatable bonds is 3. The Kier molecular flexibility index (Phi) is 2.85.